The van der Waals surface area contributed by atoms with Crippen LogP contribution in [-0.4, -0.2) is 65.7 Å². The minimum absolute atomic E-state index is 0.103. The maximum atomic E-state index is 12.6. The van der Waals surface area contributed by atoms with Crippen molar-refractivity contribution in [1.82, 2.24) is 0 Å². The smallest absolute Gasteiger partial charge is 0.462 e. The third kappa shape index (κ3) is 41.6. The van der Waals surface area contributed by atoms with Crippen LogP contribution in [0.2, 0.25) is 0 Å². The van der Waals surface area contributed by atoms with Crippen molar-refractivity contribution in [3.05, 3.63) is 60.8 Å². The highest BCUT2D eigenvalue weighted by Crippen LogP contribution is 2.43. The first-order chi connectivity index (χ1) is 27.7. The van der Waals surface area contributed by atoms with Crippen LogP contribution in [-0.2, 0) is 32.7 Å². The van der Waals surface area contributed by atoms with Crippen molar-refractivity contribution in [3.63, 3.8) is 0 Å². The monoisotopic (exact) mass is 825 g/mol. The number of esters is 2. The van der Waals surface area contributed by atoms with Crippen LogP contribution in [0.3, 0.4) is 0 Å². The molecule has 3 N–H and O–H groups in total. The van der Waals surface area contributed by atoms with Crippen LogP contribution in [0.15, 0.2) is 60.8 Å². The van der Waals surface area contributed by atoms with E-state index in [4.69, 9.17) is 19.1 Å². The number of phosphoric acid groups is 1. The summed E-state index contributed by atoms with van der Waals surface area (Å²) in [6, 6.07) is 0. The number of aliphatic hydroxyl groups is 2. The van der Waals surface area contributed by atoms with E-state index in [0.717, 1.165) is 44.9 Å². The van der Waals surface area contributed by atoms with E-state index in [1.165, 1.54) is 89.9 Å². The van der Waals surface area contributed by atoms with Crippen LogP contribution in [0.4, 0.5) is 0 Å². The molecule has 0 heterocycles. The van der Waals surface area contributed by atoms with Crippen LogP contribution in [0.25, 0.3) is 0 Å². The Balaban J connectivity index is 4.40. The molecule has 0 aromatic heterocycles. The van der Waals surface area contributed by atoms with E-state index < -0.39 is 51.8 Å². The highest BCUT2D eigenvalue weighted by atomic mass is 31.2. The number of rotatable bonds is 41. The summed E-state index contributed by atoms with van der Waals surface area (Å²) >= 11 is 0. The zero-order valence-electron chi connectivity index (χ0n) is 35.8. The van der Waals surface area contributed by atoms with Gasteiger partial charge in [0.2, 0.25) is 0 Å². The van der Waals surface area contributed by atoms with Gasteiger partial charge in [0.1, 0.15) is 12.7 Å². The van der Waals surface area contributed by atoms with E-state index in [0.29, 0.717) is 19.3 Å². The number of aliphatic hydroxyl groups excluding tert-OH is 2. The molecule has 1 unspecified atom stereocenters. The van der Waals surface area contributed by atoms with Gasteiger partial charge >= 0.3 is 19.8 Å². The second kappa shape index (κ2) is 41.8. The lowest BCUT2D eigenvalue weighted by molar-refractivity contribution is -0.161. The predicted octanol–water partition coefficient (Wildman–Crippen LogP) is 11.9. The highest BCUT2D eigenvalue weighted by Gasteiger charge is 2.27. The molecular formula is C46H81O10P. The number of carbonyl (C=O) groups excluding carboxylic acids is 2. The Kier molecular flexibility index (Phi) is 40.1. The fourth-order valence-corrected chi connectivity index (χ4v) is 6.48. The number of hydrogen-bond acceptors (Lipinski definition) is 9. The van der Waals surface area contributed by atoms with Gasteiger partial charge in [-0.1, -0.05) is 152 Å². The van der Waals surface area contributed by atoms with Crippen LogP contribution in [0.1, 0.15) is 181 Å². The molecule has 0 aliphatic rings. The molecule has 0 aromatic carbocycles. The number of ether oxygens (including phenoxy) is 2. The minimum atomic E-state index is -4.64. The van der Waals surface area contributed by atoms with Crippen LogP contribution in [0.5, 0.6) is 0 Å². The average molecular weight is 825 g/mol. The van der Waals surface area contributed by atoms with E-state index in [-0.39, 0.29) is 19.4 Å². The van der Waals surface area contributed by atoms with Crippen molar-refractivity contribution >= 4 is 19.8 Å². The number of phosphoric ester groups is 1. The normalized spacial score (nSPS) is 14.4. The molecule has 0 saturated heterocycles. The Morgan fingerprint density at radius 3 is 1.44 bits per heavy atom. The molecule has 0 aliphatic carbocycles. The standard InChI is InChI=1S/C46H81O10P/c1-3-5-7-9-11-13-15-17-18-19-20-21-22-23-24-26-28-30-32-34-36-38-46(50)56-44(42-55-57(51,52)54-40-43(48)39-47)41-53-45(49)37-35-33-31-29-27-25-16-14-12-10-8-6-4-2/h18-19,21-22,24-27,30,32,43-44,47-48H,3-17,20,23,28-29,31,33-42H2,1-2H3,(H,51,52)/b19-18+,22-21+,26-24+,27-25+,32-30+/t43-,44+/m0/s1. The van der Waals surface area contributed by atoms with Crippen LogP contribution < -0.4 is 0 Å². The summed E-state index contributed by atoms with van der Waals surface area (Å²) in [6.45, 7) is 2.28. The Labute approximate surface area is 346 Å². The first-order valence-electron chi connectivity index (χ1n) is 22.2. The topological polar surface area (TPSA) is 149 Å². The summed E-state index contributed by atoms with van der Waals surface area (Å²) < 4.78 is 32.6. The van der Waals surface area contributed by atoms with E-state index in [1.807, 2.05) is 6.08 Å². The number of hydrogen-bond donors (Lipinski definition) is 3. The molecular weight excluding hydrogens is 743 g/mol. The second-order valence-electron chi connectivity index (χ2n) is 14.7. The third-order valence-corrected chi connectivity index (χ3v) is 10.1. The van der Waals surface area contributed by atoms with Crippen molar-refractivity contribution in [2.45, 2.75) is 193 Å². The van der Waals surface area contributed by atoms with Crippen molar-refractivity contribution in [1.29, 1.82) is 0 Å². The summed E-state index contributed by atoms with van der Waals surface area (Å²) in [6.07, 6.45) is 46.3. The summed E-state index contributed by atoms with van der Waals surface area (Å²) in [7, 11) is -4.64. The Morgan fingerprint density at radius 1 is 0.526 bits per heavy atom. The van der Waals surface area contributed by atoms with Gasteiger partial charge in [-0.3, -0.25) is 18.6 Å². The quantitative estimate of drug-likeness (QED) is 0.0235. The number of carbonyl (C=O) groups is 2. The molecule has 0 aromatic rings. The lowest BCUT2D eigenvalue weighted by Gasteiger charge is -2.20. The molecule has 0 radical (unpaired) electrons. The van der Waals surface area contributed by atoms with Crippen molar-refractivity contribution < 1.29 is 47.8 Å². The van der Waals surface area contributed by atoms with Gasteiger partial charge in [0.15, 0.2) is 6.10 Å². The van der Waals surface area contributed by atoms with Crippen molar-refractivity contribution in [3.8, 4) is 0 Å². The second-order valence-corrected chi connectivity index (χ2v) is 16.2. The van der Waals surface area contributed by atoms with E-state index in [2.05, 4.69) is 73.1 Å². The molecule has 57 heavy (non-hydrogen) atoms. The summed E-state index contributed by atoms with van der Waals surface area (Å²) in [5.41, 5.74) is 0. The van der Waals surface area contributed by atoms with Gasteiger partial charge in [0, 0.05) is 12.8 Å². The summed E-state index contributed by atoms with van der Waals surface area (Å²) in [5, 5.41) is 18.3. The largest absolute Gasteiger partial charge is 0.472 e. The molecule has 10 nitrogen and oxygen atoms in total. The molecule has 0 aliphatic heterocycles. The molecule has 0 bridgehead atoms. The zero-order valence-corrected chi connectivity index (χ0v) is 36.7. The lowest BCUT2D eigenvalue weighted by atomic mass is 10.1. The molecule has 0 saturated carbocycles. The van der Waals surface area contributed by atoms with Gasteiger partial charge < -0.3 is 24.6 Å². The number of allylic oxidation sites excluding steroid dienone is 10. The van der Waals surface area contributed by atoms with E-state index >= 15 is 0 Å². The maximum absolute atomic E-state index is 12.6. The van der Waals surface area contributed by atoms with Gasteiger partial charge in [-0.25, -0.2) is 4.57 Å². The van der Waals surface area contributed by atoms with Gasteiger partial charge in [0.25, 0.3) is 0 Å². The Hall–Kier alpha value is -2.33. The van der Waals surface area contributed by atoms with E-state index in [9.17, 15) is 24.2 Å². The van der Waals surface area contributed by atoms with E-state index in [1.54, 1.807) is 0 Å². The minimum Gasteiger partial charge on any atom is -0.462 e. The molecule has 330 valence electrons. The molecule has 0 amide bonds. The molecule has 0 spiro atoms. The first-order valence-corrected chi connectivity index (χ1v) is 23.7. The summed E-state index contributed by atoms with van der Waals surface area (Å²) in [4.78, 5) is 34.9. The number of unbranched alkanes of at least 4 members (excludes halogenated alkanes) is 17. The first kappa shape index (κ1) is 54.7. The Morgan fingerprint density at radius 2 is 0.930 bits per heavy atom. The molecule has 11 heteroatoms. The van der Waals surface area contributed by atoms with Gasteiger partial charge in [-0.2, -0.15) is 0 Å². The van der Waals surface area contributed by atoms with Gasteiger partial charge in [0.05, 0.1) is 19.8 Å². The molecule has 0 fully saturated rings. The maximum Gasteiger partial charge on any atom is 0.472 e. The lowest BCUT2D eigenvalue weighted by Crippen LogP contribution is -2.29. The van der Waals surface area contributed by atoms with Crippen molar-refractivity contribution in [2.24, 2.45) is 0 Å². The average Bonchev–Trinajstić information content (AvgIpc) is 3.20. The fraction of sp³-hybridized carbons (Fsp3) is 0.739. The van der Waals surface area contributed by atoms with Gasteiger partial charge in [-0.15, -0.1) is 0 Å². The Bertz CT molecular complexity index is 1130. The zero-order chi connectivity index (χ0) is 41.9. The van der Waals surface area contributed by atoms with Crippen molar-refractivity contribution in [2.75, 3.05) is 26.4 Å². The predicted molar refractivity (Wildman–Crippen MR) is 233 cm³/mol. The fourth-order valence-electron chi connectivity index (χ4n) is 5.69. The third-order valence-electron chi connectivity index (χ3n) is 9.14. The van der Waals surface area contributed by atoms with Gasteiger partial charge in [-0.05, 0) is 77.0 Å². The molecule has 3 atom stereocenters. The molecule has 0 rings (SSSR count). The van der Waals surface area contributed by atoms with Crippen LogP contribution >= 0.6 is 7.82 Å². The van der Waals surface area contributed by atoms with Crippen LogP contribution in [0, 0.1) is 0 Å². The highest BCUT2D eigenvalue weighted by molar-refractivity contribution is 7.47. The SMILES string of the molecule is CCCCCCCC/C=C/CCCCCC(=O)OC[C@H](COP(=O)(O)OC[C@@H](O)CO)OC(=O)CCC/C=C/C/C=C/C/C=C/C/C=C/CCCCCCCCC. The summed E-state index contributed by atoms with van der Waals surface area (Å²) in [5.74, 6) is -1.01.